The summed E-state index contributed by atoms with van der Waals surface area (Å²) in [6.07, 6.45) is 43.1. The molecule has 0 heterocycles. The van der Waals surface area contributed by atoms with Gasteiger partial charge in [0.15, 0.2) is 0 Å². The van der Waals surface area contributed by atoms with E-state index in [1.165, 1.54) is 192 Å². The van der Waals surface area contributed by atoms with Gasteiger partial charge in [-0.3, -0.25) is 0 Å². The zero-order chi connectivity index (χ0) is 25.8. The van der Waals surface area contributed by atoms with Gasteiger partial charge in [-0.25, -0.2) is 4.79 Å². The molecule has 3 saturated carbocycles. The number of esters is 1. The van der Waals surface area contributed by atoms with Crippen molar-refractivity contribution in [3.8, 4) is 0 Å². The Morgan fingerprint density at radius 3 is 0.917 bits per heavy atom. The minimum Gasteiger partial charge on any atom is -0.462 e. The molecule has 0 unspecified atom stereocenters. The minimum absolute atomic E-state index is 0.280. The molecular weight excluding hydrogens is 440 g/mol. The van der Waals surface area contributed by atoms with Crippen LogP contribution in [0.1, 0.15) is 186 Å². The third-order valence-electron chi connectivity index (χ3n) is 8.35. The van der Waals surface area contributed by atoms with Crippen LogP contribution in [-0.2, 0) is 9.53 Å². The summed E-state index contributed by atoms with van der Waals surface area (Å²) in [5, 5.41) is 0. The van der Waals surface area contributed by atoms with Crippen molar-refractivity contribution in [2.45, 2.75) is 186 Å². The zero-order valence-electron chi connectivity index (χ0n) is 24.4. The second-order valence-electron chi connectivity index (χ2n) is 11.8. The van der Waals surface area contributed by atoms with Crippen molar-refractivity contribution in [2.75, 3.05) is 6.61 Å². The highest BCUT2D eigenvalue weighted by Gasteiger charge is 2.11. The van der Waals surface area contributed by atoms with E-state index in [1.807, 2.05) is 0 Å². The highest BCUT2D eigenvalue weighted by molar-refractivity contribution is 5.81. The van der Waals surface area contributed by atoms with Gasteiger partial charge in [0.1, 0.15) is 0 Å². The van der Waals surface area contributed by atoms with E-state index in [-0.39, 0.29) is 5.97 Å². The van der Waals surface area contributed by atoms with Gasteiger partial charge in [-0.2, -0.15) is 0 Å². The average molecular weight is 505 g/mol. The van der Waals surface area contributed by atoms with Crippen LogP contribution in [0.3, 0.4) is 0 Å². The Hall–Kier alpha value is -0.790. The predicted molar refractivity (Wildman–Crippen MR) is 159 cm³/mol. The number of hydrogen-bond donors (Lipinski definition) is 0. The Morgan fingerprint density at radius 2 is 0.694 bits per heavy atom. The lowest BCUT2D eigenvalue weighted by Gasteiger charge is -2.17. The van der Waals surface area contributed by atoms with Gasteiger partial charge >= 0.3 is 5.97 Å². The molecule has 0 aromatic rings. The zero-order valence-corrected chi connectivity index (χ0v) is 24.4. The topological polar surface area (TPSA) is 26.3 Å². The number of carbonyl (C=O) groups excluding carboxylic acids is 1. The Morgan fingerprint density at radius 1 is 0.472 bits per heavy atom. The van der Waals surface area contributed by atoms with Crippen molar-refractivity contribution in [1.82, 2.24) is 0 Å². The van der Waals surface area contributed by atoms with E-state index < -0.39 is 0 Å². The molecule has 0 bridgehead atoms. The monoisotopic (exact) mass is 504 g/mol. The van der Waals surface area contributed by atoms with Gasteiger partial charge in [-0.05, 0) is 18.8 Å². The predicted octanol–water partition coefficient (Wildman–Crippen LogP) is 11.7. The molecule has 3 rings (SSSR count). The molecule has 3 aliphatic carbocycles. The summed E-state index contributed by atoms with van der Waals surface area (Å²) in [4.78, 5) is 11.0. The fourth-order valence-electron chi connectivity index (χ4n) is 5.86. The van der Waals surface area contributed by atoms with Crippen LogP contribution in [0.5, 0.6) is 0 Å². The molecule has 0 N–H and O–H groups in total. The lowest BCUT2D eigenvalue weighted by Crippen LogP contribution is -2.13. The molecule has 0 saturated heterocycles. The molecule has 36 heavy (non-hydrogen) atoms. The van der Waals surface area contributed by atoms with Crippen LogP contribution in [0.25, 0.3) is 0 Å². The van der Waals surface area contributed by atoms with Crippen molar-refractivity contribution in [1.29, 1.82) is 0 Å². The van der Waals surface area contributed by atoms with E-state index in [0.717, 1.165) is 0 Å². The van der Waals surface area contributed by atoms with Crippen LogP contribution in [0, 0.1) is 5.92 Å². The first-order chi connectivity index (χ1) is 17.8. The maximum atomic E-state index is 11.0. The van der Waals surface area contributed by atoms with Crippen molar-refractivity contribution >= 4 is 5.97 Å². The van der Waals surface area contributed by atoms with Crippen LogP contribution >= 0.6 is 0 Å². The molecule has 0 spiro atoms. The lowest BCUT2D eigenvalue weighted by atomic mass is 9.93. The fourth-order valence-corrected chi connectivity index (χ4v) is 5.86. The molecular formula is C34H64O2. The molecule has 0 atom stereocenters. The number of carbonyl (C=O) groups is 1. The van der Waals surface area contributed by atoms with E-state index >= 15 is 0 Å². The minimum atomic E-state index is -0.280. The molecule has 0 amide bonds. The van der Waals surface area contributed by atoms with Crippen molar-refractivity contribution in [3.05, 3.63) is 12.7 Å². The van der Waals surface area contributed by atoms with Crippen molar-refractivity contribution in [3.63, 3.8) is 0 Å². The Kier molecular flexibility index (Phi) is 25.2. The van der Waals surface area contributed by atoms with E-state index in [0.29, 0.717) is 12.5 Å². The molecule has 0 radical (unpaired) electrons. The molecule has 3 aliphatic rings. The van der Waals surface area contributed by atoms with Crippen LogP contribution < -0.4 is 0 Å². The molecule has 0 aromatic carbocycles. The molecule has 212 valence electrons. The third kappa shape index (κ3) is 23.6. The summed E-state index contributed by atoms with van der Waals surface area (Å²) >= 11 is 0. The van der Waals surface area contributed by atoms with E-state index in [2.05, 4.69) is 6.58 Å². The maximum absolute atomic E-state index is 11.0. The van der Waals surface area contributed by atoms with Gasteiger partial charge < -0.3 is 4.74 Å². The first-order valence-electron chi connectivity index (χ1n) is 16.6. The standard InChI is InChI=1S/C14H24O2.2C10H20/c1-2-14(15)16-12-13-10-8-6-4-3-5-7-9-11-13;2*1-2-4-6-8-10-9-7-5-3-1/h2,13H,1,3-12H2;2*1-10H2. The van der Waals surface area contributed by atoms with E-state index in [4.69, 9.17) is 4.74 Å². The Bertz CT molecular complexity index is 375. The lowest BCUT2D eigenvalue weighted by molar-refractivity contribution is -0.139. The normalized spacial score (nSPS) is 22.2. The number of hydrogen-bond acceptors (Lipinski definition) is 2. The van der Waals surface area contributed by atoms with E-state index in [9.17, 15) is 4.79 Å². The quantitative estimate of drug-likeness (QED) is 0.282. The molecule has 3 fully saturated rings. The van der Waals surface area contributed by atoms with Gasteiger partial charge in [0.05, 0.1) is 6.61 Å². The average Bonchev–Trinajstić information content (AvgIpc) is 2.93. The number of ether oxygens (including phenoxy) is 1. The summed E-state index contributed by atoms with van der Waals surface area (Å²) in [7, 11) is 0. The molecule has 0 aromatic heterocycles. The van der Waals surface area contributed by atoms with Gasteiger partial charge in [0.2, 0.25) is 0 Å². The second-order valence-corrected chi connectivity index (χ2v) is 11.8. The van der Waals surface area contributed by atoms with Gasteiger partial charge in [0, 0.05) is 6.08 Å². The van der Waals surface area contributed by atoms with Crippen LogP contribution in [0.4, 0.5) is 0 Å². The van der Waals surface area contributed by atoms with Crippen LogP contribution in [0.2, 0.25) is 0 Å². The summed E-state index contributed by atoms with van der Waals surface area (Å²) in [5.74, 6) is 0.291. The molecule has 0 aliphatic heterocycles. The summed E-state index contributed by atoms with van der Waals surface area (Å²) in [6, 6.07) is 0. The molecule has 2 nitrogen and oxygen atoms in total. The van der Waals surface area contributed by atoms with Gasteiger partial charge in [-0.15, -0.1) is 0 Å². The maximum Gasteiger partial charge on any atom is 0.330 e. The van der Waals surface area contributed by atoms with E-state index in [1.54, 1.807) is 0 Å². The summed E-state index contributed by atoms with van der Waals surface area (Å²) < 4.78 is 5.14. The van der Waals surface area contributed by atoms with Crippen molar-refractivity contribution < 1.29 is 9.53 Å². The van der Waals surface area contributed by atoms with Crippen LogP contribution in [0.15, 0.2) is 12.7 Å². The second kappa shape index (κ2) is 27.3. The van der Waals surface area contributed by atoms with Crippen molar-refractivity contribution in [2.24, 2.45) is 5.92 Å². The first kappa shape index (κ1) is 33.2. The molecule has 2 heteroatoms. The first-order valence-corrected chi connectivity index (χ1v) is 16.6. The Labute approximate surface area is 226 Å². The SMILES string of the molecule is C1CCCCCCCCC1.C1CCCCCCCCC1.C=CC(=O)OCC1CCCCCCCCC1. The van der Waals surface area contributed by atoms with Gasteiger partial charge in [0.25, 0.3) is 0 Å². The Balaban J connectivity index is 0.000000282. The fraction of sp³-hybridized carbons (Fsp3) is 0.912. The third-order valence-corrected chi connectivity index (χ3v) is 8.35. The summed E-state index contributed by atoms with van der Waals surface area (Å²) in [5.41, 5.74) is 0. The van der Waals surface area contributed by atoms with Gasteiger partial charge in [-0.1, -0.05) is 180 Å². The smallest absolute Gasteiger partial charge is 0.330 e. The summed E-state index contributed by atoms with van der Waals surface area (Å²) in [6.45, 7) is 4.00. The highest BCUT2D eigenvalue weighted by atomic mass is 16.5. The number of rotatable bonds is 3. The largest absolute Gasteiger partial charge is 0.462 e. The van der Waals surface area contributed by atoms with Crippen LogP contribution in [-0.4, -0.2) is 12.6 Å². The highest BCUT2D eigenvalue weighted by Crippen LogP contribution is 2.22.